The molecule has 5 aliphatic carbocycles. The van der Waals surface area contributed by atoms with Crippen LogP contribution in [0, 0.1) is 56.2 Å². The van der Waals surface area contributed by atoms with Crippen molar-refractivity contribution < 1.29 is 133 Å². The Morgan fingerprint density at radius 2 is 1.14 bits per heavy atom. The molecular formula is C67H106O27. The number of esters is 3. The lowest BCUT2D eigenvalue weighted by Crippen LogP contribution is -2.73. The molecule has 0 amide bonds. The van der Waals surface area contributed by atoms with Gasteiger partial charge in [-0.15, -0.1) is 0 Å². The lowest BCUT2D eigenvalue weighted by atomic mass is 9.32. The average molecular weight is 1340 g/mol. The third kappa shape index (κ3) is 13.3. The topological polar surface area (TPSA) is 413 Å². The molecule has 4 heterocycles. The predicted octanol–water partition coefficient (Wildman–Crippen LogP) is 1.60. The fourth-order valence-corrected chi connectivity index (χ4v) is 17.8. The summed E-state index contributed by atoms with van der Waals surface area (Å²) in [6, 6.07) is 0. The summed E-state index contributed by atoms with van der Waals surface area (Å²) in [5, 5.41) is 126. The van der Waals surface area contributed by atoms with Gasteiger partial charge in [-0.1, -0.05) is 79.2 Å². The molecule has 0 aromatic carbocycles. The van der Waals surface area contributed by atoms with Crippen molar-refractivity contribution in [3.05, 3.63) is 34.9 Å². The lowest BCUT2D eigenvalue weighted by molar-refractivity contribution is -0.374. The Bertz CT molecular complexity index is 2790. The van der Waals surface area contributed by atoms with Crippen molar-refractivity contribution in [1.29, 1.82) is 0 Å². The summed E-state index contributed by atoms with van der Waals surface area (Å²) in [6.07, 6.45) is -21.2. The number of aliphatic hydroxyl groups excluding tert-OH is 11. The molecule has 30 atom stereocenters. The maximum Gasteiger partial charge on any atom is 0.335 e. The Hall–Kier alpha value is -3.66. The van der Waals surface area contributed by atoms with Crippen LogP contribution >= 0.6 is 0 Å². The first-order chi connectivity index (χ1) is 43.9. The van der Waals surface area contributed by atoms with E-state index in [9.17, 15) is 80.5 Å². The zero-order valence-electron chi connectivity index (χ0n) is 56.8. The third-order valence-electron chi connectivity index (χ3n) is 24.1. The zero-order chi connectivity index (χ0) is 70.0. The normalized spacial score (nSPS) is 47.4. The number of carbonyl (C=O) groups excluding carboxylic acids is 3. The number of carboxylic acids is 1. The highest BCUT2D eigenvalue weighted by Gasteiger charge is 2.74. The molecule has 27 nitrogen and oxygen atoms in total. The van der Waals surface area contributed by atoms with E-state index in [2.05, 4.69) is 47.6 Å². The summed E-state index contributed by atoms with van der Waals surface area (Å²) < 4.78 is 63.0. The van der Waals surface area contributed by atoms with Crippen LogP contribution in [0.4, 0.5) is 0 Å². The van der Waals surface area contributed by atoms with Crippen molar-refractivity contribution in [2.45, 2.75) is 277 Å². The highest BCUT2D eigenvalue weighted by Crippen LogP contribution is 2.76. The number of carbonyl (C=O) groups is 4. The average Bonchev–Trinajstić information content (AvgIpc) is 0.718. The van der Waals surface area contributed by atoms with E-state index in [4.69, 9.17) is 52.1 Å². The molecule has 4 saturated carbocycles. The minimum absolute atomic E-state index is 0.116. The quantitative estimate of drug-likeness (QED) is 0.0343. The van der Waals surface area contributed by atoms with Crippen LogP contribution in [0.15, 0.2) is 34.9 Å². The van der Waals surface area contributed by atoms with E-state index >= 15 is 0 Å². The number of aliphatic carboxylic acids is 1. The molecule has 0 aromatic heterocycles. The van der Waals surface area contributed by atoms with E-state index in [1.807, 2.05) is 13.8 Å². The molecule has 4 aliphatic heterocycles. The number of fused-ring (bicyclic) bond motifs is 7. The summed E-state index contributed by atoms with van der Waals surface area (Å²) in [5.41, 5.74) is -0.380. The third-order valence-corrected chi connectivity index (χ3v) is 24.1. The van der Waals surface area contributed by atoms with Gasteiger partial charge in [0.25, 0.3) is 0 Å². The smallest absolute Gasteiger partial charge is 0.335 e. The molecule has 9 rings (SSSR count). The van der Waals surface area contributed by atoms with Gasteiger partial charge >= 0.3 is 23.9 Å². The molecule has 0 aromatic rings. The van der Waals surface area contributed by atoms with Gasteiger partial charge in [-0.3, -0.25) is 4.79 Å². The Morgan fingerprint density at radius 3 is 1.67 bits per heavy atom. The largest absolute Gasteiger partial charge is 0.479 e. The number of ether oxygens (including phenoxy) is 11. The van der Waals surface area contributed by atoms with Gasteiger partial charge < -0.3 is 113 Å². The van der Waals surface area contributed by atoms with Crippen LogP contribution in [0.1, 0.15) is 142 Å². The summed E-state index contributed by atoms with van der Waals surface area (Å²) >= 11 is 0. The van der Waals surface area contributed by atoms with Gasteiger partial charge in [-0.25, -0.2) is 14.4 Å². The number of hydrogen-bond acceptors (Lipinski definition) is 26. The van der Waals surface area contributed by atoms with E-state index in [1.165, 1.54) is 25.3 Å². The first kappa shape index (κ1) is 76.1. The van der Waals surface area contributed by atoms with E-state index in [0.29, 0.717) is 41.7 Å². The summed E-state index contributed by atoms with van der Waals surface area (Å²) in [7, 11) is 1.11. The molecule has 94 heavy (non-hydrogen) atoms. The molecule has 4 saturated heterocycles. The Balaban J connectivity index is 0.000000282. The van der Waals surface area contributed by atoms with Crippen molar-refractivity contribution in [2.75, 3.05) is 26.9 Å². The Labute approximate surface area is 549 Å². The molecular weight excluding hydrogens is 1240 g/mol. The molecule has 10 unspecified atom stereocenters. The minimum Gasteiger partial charge on any atom is -0.479 e. The minimum atomic E-state index is -1.97. The maximum absolute atomic E-state index is 13.2. The Kier molecular flexibility index (Phi) is 23.4. The van der Waals surface area contributed by atoms with E-state index < -0.39 is 190 Å². The molecule has 0 bridgehead atoms. The van der Waals surface area contributed by atoms with Gasteiger partial charge in [0.15, 0.2) is 43.5 Å². The number of aliphatic hydroxyl groups is 11. The number of carboxylic acid groups (broad SMARTS) is 1. The van der Waals surface area contributed by atoms with Gasteiger partial charge in [-0.05, 0) is 130 Å². The van der Waals surface area contributed by atoms with Crippen LogP contribution in [0.2, 0.25) is 0 Å². The van der Waals surface area contributed by atoms with Crippen LogP contribution in [0.25, 0.3) is 0 Å². The fourth-order valence-electron chi connectivity index (χ4n) is 17.8. The first-order valence-corrected chi connectivity index (χ1v) is 33.0. The van der Waals surface area contributed by atoms with Crippen molar-refractivity contribution in [2.24, 2.45) is 56.2 Å². The summed E-state index contributed by atoms with van der Waals surface area (Å²) in [4.78, 5) is 51.0. The highest BCUT2D eigenvalue weighted by atomic mass is 16.8. The van der Waals surface area contributed by atoms with Crippen molar-refractivity contribution in [1.82, 2.24) is 0 Å². The molecule has 9 aliphatic rings. The second-order valence-electron chi connectivity index (χ2n) is 29.9. The number of rotatable bonds is 16. The second kappa shape index (κ2) is 28.9. The first-order valence-electron chi connectivity index (χ1n) is 33.0. The van der Waals surface area contributed by atoms with Crippen molar-refractivity contribution >= 4 is 23.9 Å². The molecule has 0 radical (unpaired) electrons. The number of hydrogen-bond donors (Lipinski definition) is 12. The molecule has 8 fully saturated rings. The maximum atomic E-state index is 13.2. The molecule has 27 heteroatoms. The van der Waals surface area contributed by atoms with Gasteiger partial charge in [0, 0.05) is 25.2 Å². The second-order valence-corrected chi connectivity index (χ2v) is 29.9. The van der Waals surface area contributed by atoms with Gasteiger partial charge in [-0.2, -0.15) is 0 Å². The van der Waals surface area contributed by atoms with E-state index in [1.54, 1.807) is 46.8 Å². The Morgan fingerprint density at radius 1 is 0.596 bits per heavy atom. The molecule has 0 spiro atoms. The van der Waals surface area contributed by atoms with Crippen LogP contribution in [0.5, 0.6) is 0 Å². The monoisotopic (exact) mass is 1340 g/mol. The highest BCUT2D eigenvalue weighted by molar-refractivity contribution is 5.88. The van der Waals surface area contributed by atoms with Crippen molar-refractivity contribution in [3.63, 3.8) is 0 Å². The van der Waals surface area contributed by atoms with Gasteiger partial charge in [0.2, 0.25) is 0 Å². The van der Waals surface area contributed by atoms with Crippen LogP contribution in [-0.2, 0) is 71.3 Å². The van der Waals surface area contributed by atoms with E-state index in [-0.39, 0.29) is 27.6 Å². The van der Waals surface area contributed by atoms with Gasteiger partial charge in [0.05, 0.1) is 37.4 Å². The molecule has 12 N–H and O–H groups in total. The SMILES string of the molecule is C/C=C(/C)C(=O)O[C@@H]1C(O)[C@H](O[C@H]2[C@H](OC(C)=O)[C@@]3(CO)C(CC2(C)C)C2=CCC4[C@@]5(C)CC[C@H](C)C(C)(C)C5CC[C@@]4(C)[C@]2(C)C[C@H]3O)OC(C)[C@@H]1OC(=O)/C(C)=C\C.CO[C@@H]1OC(C(=O)O)[C@@H](O)[C@@H](O[C@@H]2O[C@@H](CO)C(O)[C@@H]2O)C1O[C@@H]1OC(CO)[C@H](O)[C@@H](O)C1O. The zero-order valence-corrected chi connectivity index (χ0v) is 56.8. The van der Waals surface area contributed by atoms with E-state index in [0.717, 1.165) is 26.4 Å². The number of allylic oxidation sites excluding steroid dienone is 4. The van der Waals surface area contributed by atoms with Crippen LogP contribution in [0.3, 0.4) is 0 Å². The van der Waals surface area contributed by atoms with Crippen LogP contribution in [-0.4, -0.2) is 247 Å². The number of methoxy groups -OCH3 is 1. The standard InChI is InChI=1S/C49H76O11.C18H30O16/c1-15-26(3)41(54)58-37-29(6)56-43(36(53)38(37)59-42(55)27(4)16-2)60-39-40(57-30(7)51)49(25-50)32(23-44(39,8)9)31-17-18-34-46(12)21-19-28(5)45(10,11)33(46)20-22-47(34,13)48(31,14)24-35(49)52;1-29-18-14(34-17-10(25)8(23)6(21)4(2-19)30-17)12(11(26)13(33-18)15(27)28)32-16-9(24)7(22)5(3-20)31-16/h15-17,28-29,32-40,43,50,52-53H,18-25H2,1-14H3;4-14,16-26H,2-3H2,1H3,(H,27,28)/b26-15-,27-16-;/t28-,29?,32?,33?,34?,35+,36?,37-,38+,39-,40-,43-,46-,47+,48+,49-;4?,5-,6-,7?,8+,9-,10?,11-,12+,13?,14?,16-,17-,18+/m00/s1. The fraction of sp³-hybridized carbons (Fsp3) is 0.851. The van der Waals surface area contributed by atoms with Crippen molar-refractivity contribution in [3.8, 4) is 0 Å². The van der Waals surface area contributed by atoms with Crippen LogP contribution < -0.4 is 0 Å². The summed E-state index contributed by atoms with van der Waals surface area (Å²) in [5.74, 6) is -2.22. The van der Waals surface area contributed by atoms with Gasteiger partial charge in [0.1, 0.15) is 79.4 Å². The summed E-state index contributed by atoms with van der Waals surface area (Å²) in [6.45, 7) is 26.4. The molecule has 536 valence electrons. The lowest BCUT2D eigenvalue weighted by Gasteiger charge is -2.72. The predicted molar refractivity (Wildman–Crippen MR) is 327 cm³/mol.